The zero-order valence-corrected chi connectivity index (χ0v) is 10.6. The van der Waals surface area contributed by atoms with E-state index in [4.69, 9.17) is 11.6 Å². The quantitative estimate of drug-likeness (QED) is 0.793. The van der Waals surface area contributed by atoms with Crippen LogP contribution in [0.4, 0.5) is 26.3 Å². The Morgan fingerprint density at radius 1 is 1.00 bits per heavy atom. The Balaban J connectivity index is 2.49. The van der Waals surface area contributed by atoms with E-state index >= 15 is 0 Å². The molecule has 0 aliphatic carbocycles. The summed E-state index contributed by atoms with van der Waals surface area (Å²) in [6, 6.07) is 5.76. The number of alkyl halides is 6. The van der Waals surface area contributed by atoms with Gasteiger partial charge in [0.1, 0.15) is 0 Å². The number of nitrogens with zero attached hydrogens (tertiary/aromatic N) is 2. The van der Waals surface area contributed by atoms with E-state index in [9.17, 15) is 26.3 Å². The highest BCUT2D eigenvalue weighted by atomic mass is 35.5. The van der Waals surface area contributed by atoms with Gasteiger partial charge in [-0.15, -0.1) is 0 Å². The number of hydrogen-bond acceptors (Lipinski definition) is 3. The number of benzene rings is 1. The number of aromatic nitrogens is 2. The minimum Gasteiger partial charge on any atom is -0.425 e. The van der Waals surface area contributed by atoms with Crippen LogP contribution in [0.5, 0.6) is 5.88 Å². The number of para-hydroxylation sites is 2. The molecule has 3 nitrogen and oxygen atoms in total. The molecule has 2 rings (SSSR count). The van der Waals surface area contributed by atoms with Crippen LogP contribution in [-0.2, 0) is 0 Å². The van der Waals surface area contributed by atoms with Crippen molar-refractivity contribution in [2.45, 2.75) is 18.5 Å². The van der Waals surface area contributed by atoms with Gasteiger partial charge >= 0.3 is 18.5 Å². The van der Waals surface area contributed by atoms with Gasteiger partial charge in [-0.3, -0.25) is 0 Å². The van der Waals surface area contributed by atoms with Crippen molar-refractivity contribution in [3.63, 3.8) is 0 Å². The van der Waals surface area contributed by atoms with Crippen molar-refractivity contribution < 1.29 is 31.1 Å². The summed E-state index contributed by atoms with van der Waals surface area (Å²) in [6.07, 6.45) is -10.5. The molecule has 0 N–H and O–H groups in total. The van der Waals surface area contributed by atoms with E-state index < -0.39 is 29.5 Å². The minimum atomic E-state index is -5.97. The summed E-state index contributed by atoms with van der Waals surface area (Å²) in [5, 5.41) is -0.763. The molecule has 0 saturated carbocycles. The smallest absolute Gasteiger partial charge is 0.425 e. The van der Waals surface area contributed by atoms with Gasteiger partial charge in [0.15, 0.2) is 5.15 Å². The molecule has 1 unspecified atom stereocenters. The SMILES string of the molecule is FC(F)C(F)(Oc1nc2ccccc2nc1Cl)C(F)(F)F. The molecule has 1 aromatic carbocycles. The van der Waals surface area contributed by atoms with Crippen molar-refractivity contribution in [1.29, 1.82) is 0 Å². The first-order valence-corrected chi connectivity index (χ1v) is 5.68. The van der Waals surface area contributed by atoms with Crippen LogP contribution < -0.4 is 4.74 Å². The first-order chi connectivity index (χ1) is 9.65. The fraction of sp³-hybridized carbons (Fsp3) is 0.273. The second-order valence-electron chi connectivity index (χ2n) is 3.85. The van der Waals surface area contributed by atoms with E-state index in [1.165, 1.54) is 18.2 Å². The molecule has 0 spiro atoms. The van der Waals surface area contributed by atoms with Crippen LogP contribution in [0.2, 0.25) is 5.15 Å². The predicted octanol–water partition coefficient (Wildman–Crippen LogP) is 4.16. The standard InChI is InChI=1S/C11H5ClF6N2O/c12-7-8(20-6-4-2-1-3-5(6)19-7)21-10(15,9(13)14)11(16,17)18/h1-4,9H. The van der Waals surface area contributed by atoms with Gasteiger partial charge in [-0.25, -0.2) is 18.7 Å². The molecule has 1 aromatic heterocycles. The van der Waals surface area contributed by atoms with Crippen LogP contribution in [-0.4, -0.2) is 28.4 Å². The van der Waals surface area contributed by atoms with E-state index in [-0.39, 0.29) is 11.0 Å². The Morgan fingerprint density at radius 3 is 2.00 bits per heavy atom. The third-order valence-electron chi connectivity index (χ3n) is 2.41. The monoisotopic (exact) mass is 330 g/mol. The lowest BCUT2D eigenvalue weighted by Crippen LogP contribution is -2.52. The molecular formula is C11H5ClF6N2O. The van der Waals surface area contributed by atoms with Gasteiger partial charge in [-0.1, -0.05) is 23.7 Å². The summed E-state index contributed by atoms with van der Waals surface area (Å²) < 4.78 is 79.2. The largest absolute Gasteiger partial charge is 0.466 e. The summed E-state index contributed by atoms with van der Waals surface area (Å²) in [5.41, 5.74) is 0.194. The van der Waals surface area contributed by atoms with E-state index in [0.29, 0.717) is 0 Å². The van der Waals surface area contributed by atoms with Crippen molar-refractivity contribution in [2.24, 2.45) is 0 Å². The maximum Gasteiger partial charge on any atom is 0.466 e. The number of ether oxygens (including phenoxy) is 1. The van der Waals surface area contributed by atoms with E-state index in [2.05, 4.69) is 14.7 Å². The minimum absolute atomic E-state index is 0.00990. The molecule has 1 heterocycles. The lowest BCUT2D eigenvalue weighted by atomic mass is 10.3. The molecule has 2 aromatic rings. The first-order valence-electron chi connectivity index (χ1n) is 5.30. The fourth-order valence-corrected chi connectivity index (χ4v) is 1.57. The topological polar surface area (TPSA) is 35.0 Å². The Kier molecular flexibility index (Phi) is 3.87. The Bertz CT molecular complexity index is 665. The van der Waals surface area contributed by atoms with Crippen LogP contribution in [0, 0.1) is 0 Å². The van der Waals surface area contributed by atoms with Crippen molar-refractivity contribution in [1.82, 2.24) is 9.97 Å². The molecule has 21 heavy (non-hydrogen) atoms. The van der Waals surface area contributed by atoms with Crippen LogP contribution in [0.25, 0.3) is 11.0 Å². The normalized spacial score (nSPS) is 15.2. The highest BCUT2D eigenvalue weighted by Crippen LogP contribution is 2.41. The van der Waals surface area contributed by atoms with Gasteiger partial charge in [0.25, 0.3) is 5.88 Å². The molecule has 0 aliphatic heterocycles. The third-order valence-corrected chi connectivity index (χ3v) is 2.66. The zero-order valence-electron chi connectivity index (χ0n) is 9.84. The third kappa shape index (κ3) is 2.82. The lowest BCUT2D eigenvalue weighted by molar-refractivity contribution is -0.341. The molecule has 0 aliphatic rings. The summed E-state index contributed by atoms with van der Waals surface area (Å²) in [7, 11) is 0. The Labute approximate surface area is 118 Å². The highest BCUT2D eigenvalue weighted by molar-refractivity contribution is 6.31. The number of rotatable bonds is 3. The second-order valence-corrected chi connectivity index (χ2v) is 4.21. The average Bonchev–Trinajstić information content (AvgIpc) is 2.38. The number of hydrogen-bond donors (Lipinski definition) is 0. The molecule has 0 bridgehead atoms. The van der Waals surface area contributed by atoms with E-state index in [0.717, 1.165) is 0 Å². The molecule has 0 fully saturated rings. The molecule has 0 saturated heterocycles. The fourth-order valence-electron chi connectivity index (χ4n) is 1.39. The van der Waals surface area contributed by atoms with Gasteiger partial charge in [-0.05, 0) is 12.1 Å². The number of fused-ring (bicyclic) bond motifs is 1. The molecule has 114 valence electrons. The van der Waals surface area contributed by atoms with Crippen molar-refractivity contribution in [3.05, 3.63) is 29.4 Å². The predicted molar refractivity (Wildman–Crippen MR) is 61.1 cm³/mol. The van der Waals surface area contributed by atoms with Gasteiger partial charge in [0.2, 0.25) is 0 Å². The van der Waals surface area contributed by atoms with Crippen LogP contribution in [0.15, 0.2) is 24.3 Å². The van der Waals surface area contributed by atoms with Gasteiger partial charge in [0.05, 0.1) is 11.0 Å². The highest BCUT2D eigenvalue weighted by Gasteiger charge is 2.66. The van der Waals surface area contributed by atoms with Crippen LogP contribution in [0.1, 0.15) is 0 Å². The summed E-state index contributed by atoms with van der Waals surface area (Å²) >= 11 is 5.49. The molecule has 0 radical (unpaired) electrons. The van der Waals surface area contributed by atoms with Gasteiger partial charge < -0.3 is 4.74 Å². The molecule has 10 heteroatoms. The zero-order chi connectivity index (χ0) is 15.8. The van der Waals surface area contributed by atoms with Gasteiger partial charge in [-0.2, -0.15) is 17.6 Å². The average molecular weight is 331 g/mol. The first kappa shape index (κ1) is 15.6. The van der Waals surface area contributed by atoms with E-state index in [1.54, 1.807) is 6.07 Å². The molecular weight excluding hydrogens is 326 g/mol. The van der Waals surface area contributed by atoms with Gasteiger partial charge in [0, 0.05) is 0 Å². The van der Waals surface area contributed by atoms with Crippen LogP contribution >= 0.6 is 11.6 Å². The van der Waals surface area contributed by atoms with E-state index in [1.807, 2.05) is 0 Å². The summed E-state index contributed by atoms with van der Waals surface area (Å²) in [4.78, 5) is 7.07. The Hall–Kier alpha value is -1.77. The maximum absolute atomic E-state index is 13.5. The van der Waals surface area contributed by atoms with Crippen molar-refractivity contribution in [3.8, 4) is 5.88 Å². The summed E-state index contributed by atoms with van der Waals surface area (Å²) in [6.45, 7) is 0. The maximum atomic E-state index is 13.5. The van der Waals surface area contributed by atoms with Crippen molar-refractivity contribution in [2.75, 3.05) is 0 Å². The second kappa shape index (κ2) is 5.21. The Morgan fingerprint density at radius 2 is 1.52 bits per heavy atom. The van der Waals surface area contributed by atoms with Crippen molar-refractivity contribution >= 4 is 22.6 Å². The number of halogens is 7. The summed E-state index contributed by atoms with van der Waals surface area (Å²) in [5.74, 6) is -6.40. The van der Waals surface area contributed by atoms with Crippen LogP contribution in [0.3, 0.4) is 0 Å². The molecule has 0 amide bonds. The molecule has 1 atom stereocenters. The lowest BCUT2D eigenvalue weighted by Gasteiger charge is -2.27.